The summed E-state index contributed by atoms with van der Waals surface area (Å²) in [5.74, 6) is -1.27. The topological polar surface area (TPSA) is 59.3 Å². The van der Waals surface area contributed by atoms with E-state index in [1.807, 2.05) is 12.1 Å². The quantitative estimate of drug-likeness (QED) is 0.802. The summed E-state index contributed by atoms with van der Waals surface area (Å²) in [4.78, 5) is 24.0. The molecule has 0 spiro atoms. The van der Waals surface area contributed by atoms with E-state index in [1.165, 1.54) is 10.8 Å². The lowest BCUT2D eigenvalue weighted by atomic mass is 10.1. The van der Waals surface area contributed by atoms with E-state index in [0.29, 0.717) is 16.5 Å². The van der Waals surface area contributed by atoms with E-state index < -0.39 is 5.97 Å². The lowest BCUT2D eigenvalue weighted by Crippen LogP contribution is -2.10. The second-order valence-corrected chi connectivity index (χ2v) is 5.09. The van der Waals surface area contributed by atoms with Gasteiger partial charge in [-0.15, -0.1) is 0 Å². The number of aryl methyl sites for hydroxylation is 1. The number of aromatic carboxylic acids is 1. The Hall–Kier alpha value is -2.88. The molecule has 0 atom stereocenters. The van der Waals surface area contributed by atoms with Gasteiger partial charge in [-0.25, -0.2) is 4.79 Å². The van der Waals surface area contributed by atoms with E-state index in [4.69, 9.17) is 0 Å². The van der Waals surface area contributed by atoms with Gasteiger partial charge in [-0.3, -0.25) is 9.36 Å². The minimum absolute atomic E-state index is 0.133. The molecular formula is C18H15NO3. The first kappa shape index (κ1) is 14.1. The van der Waals surface area contributed by atoms with Gasteiger partial charge >= 0.3 is 5.97 Å². The van der Waals surface area contributed by atoms with Crippen molar-refractivity contribution in [1.82, 2.24) is 4.57 Å². The summed E-state index contributed by atoms with van der Waals surface area (Å²) < 4.78 is 1.40. The predicted octanol–water partition coefficient (Wildman–Crippen LogP) is 3.59. The van der Waals surface area contributed by atoms with Gasteiger partial charge in [0, 0.05) is 17.1 Å². The molecule has 1 aromatic heterocycles. The van der Waals surface area contributed by atoms with Crippen molar-refractivity contribution >= 4 is 22.8 Å². The fourth-order valence-electron chi connectivity index (χ4n) is 2.54. The molecule has 4 nitrogen and oxygen atoms in total. The molecule has 2 aromatic carbocycles. The molecule has 3 aromatic rings. The van der Waals surface area contributed by atoms with Crippen LogP contribution in [-0.4, -0.2) is 21.6 Å². The van der Waals surface area contributed by atoms with Crippen LogP contribution in [-0.2, 0) is 6.42 Å². The Morgan fingerprint density at radius 3 is 2.36 bits per heavy atom. The van der Waals surface area contributed by atoms with E-state index in [0.717, 1.165) is 12.0 Å². The molecule has 0 aliphatic rings. The van der Waals surface area contributed by atoms with Crippen molar-refractivity contribution in [2.45, 2.75) is 13.3 Å². The second kappa shape index (κ2) is 5.48. The fourth-order valence-corrected chi connectivity index (χ4v) is 2.54. The third-order valence-corrected chi connectivity index (χ3v) is 3.77. The van der Waals surface area contributed by atoms with Gasteiger partial charge < -0.3 is 5.11 Å². The molecule has 0 aliphatic carbocycles. The number of hydrogen-bond acceptors (Lipinski definition) is 2. The zero-order chi connectivity index (χ0) is 15.7. The predicted molar refractivity (Wildman–Crippen MR) is 84.4 cm³/mol. The molecule has 110 valence electrons. The Balaban J connectivity index is 2.12. The first-order valence-electron chi connectivity index (χ1n) is 7.09. The van der Waals surface area contributed by atoms with Crippen LogP contribution in [0, 0.1) is 0 Å². The molecule has 1 N–H and O–H groups in total. The van der Waals surface area contributed by atoms with E-state index in [1.54, 1.807) is 36.4 Å². The molecule has 22 heavy (non-hydrogen) atoms. The van der Waals surface area contributed by atoms with Crippen molar-refractivity contribution in [1.29, 1.82) is 0 Å². The molecule has 3 rings (SSSR count). The Bertz CT molecular complexity index is 860. The van der Waals surface area contributed by atoms with Crippen LogP contribution in [0.15, 0.2) is 54.7 Å². The molecule has 0 unspecified atom stereocenters. The number of benzene rings is 2. The third kappa shape index (κ3) is 2.29. The summed E-state index contributed by atoms with van der Waals surface area (Å²) in [5.41, 5.74) is 2.42. The lowest BCUT2D eigenvalue weighted by Gasteiger charge is -2.05. The molecule has 0 saturated heterocycles. The molecule has 1 heterocycles. The standard InChI is InChI=1S/C18H15NO3/c1-2-12-7-9-13(10-8-12)17(20)19-11-15(18(21)22)14-5-3-4-6-16(14)19/h3-11H,2H2,1H3,(H,21,22). The molecule has 0 bridgehead atoms. The number of aromatic nitrogens is 1. The third-order valence-electron chi connectivity index (χ3n) is 3.77. The van der Waals surface area contributed by atoms with Crippen molar-refractivity contribution in [3.05, 3.63) is 71.4 Å². The molecule has 0 radical (unpaired) electrons. The molecule has 0 saturated carbocycles. The number of rotatable bonds is 3. The van der Waals surface area contributed by atoms with Crippen LogP contribution in [0.5, 0.6) is 0 Å². The van der Waals surface area contributed by atoms with E-state index in [9.17, 15) is 14.7 Å². The maximum atomic E-state index is 12.7. The van der Waals surface area contributed by atoms with Crippen LogP contribution in [0.1, 0.15) is 33.2 Å². The van der Waals surface area contributed by atoms with Gasteiger partial charge in [0.25, 0.3) is 5.91 Å². The van der Waals surface area contributed by atoms with Crippen molar-refractivity contribution in [3.63, 3.8) is 0 Å². The van der Waals surface area contributed by atoms with Crippen molar-refractivity contribution < 1.29 is 14.7 Å². The SMILES string of the molecule is CCc1ccc(C(=O)n2cc(C(=O)O)c3ccccc32)cc1. The average Bonchev–Trinajstić information content (AvgIpc) is 2.94. The van der Waals surface area contributed by atoms with Gasteiger partial charge in [0.05, 0.1) is 11.1 Å². The van der Waals surface area contributed by atoms with Crippen LogP contribution in [0.25, 0.3) is 10.9 Å². The van der Waals surface area contributed by atoms with E-state index in [-0.39, 0.29) is 11.5 Å². The number of para-hydroxylation sites is 1. The highest BCUT2D eigenvalue weighted by Gasteiger charge is 2.18. The number of nitrogens with zero attached hydrogens (tertiary/aromatic N) is 1. The van der Waals surface area contributed by atoms with Gasteiger partial charge in [0.2, 0.25) is 0 Å². The van der Waals surface area contributed by atoms with Crippen molar-refractivity contribution in [2.24, 2.45) is 0 Å². The molecule has 0 fully saturated rings. The Labute approximate surface area is 127 Å². The van der Waals surface area contributed by atoms with Crippen molar-refractivity contribution in [3.8, 4) is 0 Å². The highest BCUT2D eigenvalue weighted by atomic mass is 16.4. The maximum Gasteiger partial charge on any atom is 0.337 e. The summed E-state index contributed by atoms with van der Waals surface area (Å²) in [6.07, 6.45) is 2.30. The van der Waals surface area contributed by atoms with Crippen molar-refractivity contribution in [2.75, 3.05) is 0 Å². The van der Waals surface area contributed by atoms with Crippen LogP contribution < -0.4 is 0 Å². The first-order chi connectivity index (χ1) is 10.6. The van der Waals surface area contributed by atoms with Crippen LogP contribution in [0.4, 0.5) is 0 Å². The molecule has 0 aliphatic heterocycles. The van der Waals surface area contributed by atoms with E-state index >= 15 is 0 Å². The summed E-state index contributed by atoms with van der Waals surface area (Å²) >= 11 is 0. The molecule has 0 amide bonds. The summed E-state index contributed by atoms with van der Waals surface area (Å²) in [7, 11) is 0. The summed E-state index contributed by atoms with van der Waals surface area (Å²) in [6, 6.07) is 14.4. The maximum absolute atomic E-state index is 12.7. The van der Waals surface area contributed by atoms with Crippen LogP contribution in [0.2, 0.25) is 0 Å². The lowest BCUT2D eigenvalue weighted by molar-refractivity contribution is 0.0699. The summed E-state index contributed by atoms with van der Waals surface area (Å²) in [5, 5.41) is 9.86. The van der Waals surface area contributed by atoms with Gasteiger partial charge in [-0.2, -0.15) is 0 Å². The fraction of sp³-hybridized carbons (Fsp3) is 0.111. The van der Waals surface area contributed by atoms with E-state index in [2.05, 4.69) is 6.92 Å². The molecular weight excluding hydrogens is 278 g/mol. The number of hydrogen-bond donors (Lipinski definition) is 1. The summed E-state index contributed by atoms with van der Waals surface area (Å²) in [6.45, 7) is 2.05. The second-order valence-electron chi connectivity index (χ2n) is 5.09. The Kier molecular flexibility index (Phi) is 3.51. The largest absolute Gasteiger partial charge is 0.478 e. The number of fused-ring (bicyclic) bond motifs is 1. The van der Waals surface area contributed by atoms with Crippen LogP contribution in [0.3, 0.4) is 0 Å². The first-order valence-corrected chi connectivity index (χ1v) is 7.09. The molecule has 4 heteroatoms. The zero-order valence-corrected chi connectivity index (χ0v) is 12.1. The smallest absolute Gasteiger partial charge is 0.337 e. The van der Waals surface area contributed by atoms with Gasteiger partial charge in [0.1, 0.15) is 0 Å². The zero-order valence-electron chi connectivity index (χ0n) is 12.1. The Morgan fingerprint density at radius 2 is 1.73 bits per heavy atom. The number of carbonyl (C=O) groups is 2. The highest BCUT2D eigenvalue weighted by Crippen LogP contribution is 2.22. The van der Waals surface area contributed by atoms with Gasteiger partial charge in [0.15, 0.2) is 0 Å². The van der Waals surface area contributed by atoms with Gasteiger partial charge in [-0.1, -0.05) is 37.3 Å². The monoisotopic (exact) mass is 293 g/mol. The van der Waals surface area contributed by atoms with Gasteiger partial charge in [-0.05, 0) is 30.2 Å². The normalized spacial score (nSPS) is 10.8. The Morgan fingerprint density at radius 1 is 1.05 bits per heavy atom. The average molecular weight is 293 g/mol. The number of carbonyl (C=O) groups excluding carboxylic acids is 1. The number of carboxylic acids is 1. The minimum Gasteiger partial charge on any atom is -0.478 e. The van der Waals surface area contributed by atoms with Crippen LogP contribution >= 0.6 is 0 Å². The number of carboxylic acid groups (broad SMARTS) is 1. The highest BCUT2D eigenvalue weighted by molar-refractivity contribution is 6.09. The minimum atomic E-state index is -1.04.